The van der Waals surface area contributed by atoms with Gasteiger partial charge in [0.2, 0.25) is 0 Å². The first-order chi connectivity index (χ1) is 7.68. The summed E-state index contributed by atoms with van der Waals surface area (Å²) in [6, 6.07) is 4.24. The van der Waals surface area contributed by atoms with Crippen LogP contribution in [0.4, 0.5) is 0 Å². The largest absolute Gasteiger partial charge is 0.264 e. The zero-order chi connectivity index (χ0) is 11.4. The lowest BCUT2D eigenvalue weighted by Gasteiger charge is -2.28. The average molecular weight is 215 g/mol. The molecular weight excluding hydrogens is 194 g/mol. The van der Waals surface area contributed by atoms with Gasteiger partial charge in [-0.1, -0.05) is 24.6 Å². The number of hydrogen-bond acceptors (Lipinski definition) is 1. The van der Waals surface area contributed by atoms with Gasteiger partial charge in [-0.05, 0) is 56.1 Å². The smallest absolute Gasteiger partial charge is 0.0300 e. The van der Waals surface area contributed by atoms with Crippen molar-refractivity contribution in [1.82, 2.24) is 4.98 Å². The highest BCUT2D eigenvalue weighted by Gasteiger charge is 2.25. The van der Waals surface area contributed by atoms with Crippen LogP contribution < -0.4 is 0 Å². The molecular formula is C15H21N. The molecule has 0 saturated carbocycles. The first-order valence-corrected chi connectivity index (χ1v) is 6.23. The number of pyridine rings is 1. The first kappa shape index (κ1) is 11.4. The Morgan fingerprint density at radius 3 is 3.00 bits per heavy atom. The molecule has 1 atom stereocenters. The summed E-state index contributed by atoms with van der Waals surface area (Å²) >= 11 is 0. The van der Waals surface area contributed by atoms with Gasteiger partial charge in [-0.25, -0.2) is 0 Å². The molecule has 1 nitrogen and oxygen atoms in total. The molecule has 2 rings (SSSR count). The fourth-order valence-corrected chi connectivity index (χ4v) is 2.57. The molecule has 0 fully saturated rings. The predicted octanol–water partition coefficient (Wildman–Crippen LogP) is 4.15. The summed E-state index contributed by atoms with van der Waals surface area (Å²) in [6.07, 6.45) is 12.6. The third-order valence-corrected chi connectivity index (χ3v) is 3.72. The molecule has 86 valence electrons. The van der Waals surface area contributed by atoms with E-state index >= 15 is 0 Å². The Kier molecular flexibility index (Phi) is 3.42. The van der Waals surface area contributed by atoms with Gasteiger partial charge in [0.25, 0.3) is 0 Å². The standard InChI is InChI=1S/C15H21N/c1-13-5-3-8-15(2,9-7-13)11-14-6-4-10-16-12-14/h4-6,10,12H,3,7-9,11H2,1-2H3. The summed E-state index contributed by atoms with van der Waals surface area (Å²) in [5.41, 5.74) is 3.40. The normalized spacial score (nSPS) is 26.0. The Hall–Kier alpha value is -1.11. The molecule has 0 N–H and O–H groups in total. The van der Waals surface area contributed by atoms with E-state index in [1.54, 1.807) is 5.57 Å². The van der Waals surface area contributed by atoms with Crippen molar-refractivity contribution >= 4 is 0 Å². The van der Waals surface area contributed by atoms with Crippen molar-refractivity contribution in [2.45, 2.75) is 46.0 Å². The van der Waals surface area contributed by atoms with Crippen molar-refractivity contribution in [2.24, 2.45) is 5.41 Å². The minimum Gasteiger partial charge on any atom is -0.264 e. The van der Waals surface area contributed by atoms with Crippen LogP contribution in [0.1, 0.15) is 45.1 Å². The molecule has 1 heterocycles. The van der Waals surface area contributed by atoms with Gasteiger partial charge >= 0.3 is 0 Å². The average Bonchev–Trinajstić information content (AvgIpc) is 2.43. The van der Waals surface area contributed by atoms with Gasteiger partial charge in [-0.15, -0.1) is 0 Å². The molecule has 0 bridgehead atoms. The Morgan fingerprint density at radius 1 is 1.38 bits per heavy atom. The number of aromatic nitrogens is 1. The molecule has 1 aliphatic carbocycles. The lowest BCUT2D eigenvalue weighted by Crippen LogP contribution is -2.18. The Labute approximate surface area is 98.6 Å². The maximum absolute atomic E-state index is 4.21. The molecule has 0 spiro atoms. The van der Waals surface area contributed by atoms with Crippen LogP contribution in [0.25, 0.3) is 0 Å². The summed E-state index contributed by atoms with van der Waals surface area (Å²) in [5, 5.41) is 0. The Balaban J connectivity index is 2.04. The van der Waals surface area contributed by atoms with Crippen molar-refractivity contribution in [3.8, 4) is 0 Å². The maximum Gasteiger partial charge on any atom is 0.0300 e. The summed E-state index contributed by atoms with van der Waals surface area (Å²) < 4.78 is 0. The van der Waals surface area contributed by atoms with Crippen LogP contribution >= 0.6 is 0 Å². The highest BCUT2D eigenvalue weighted by Crippen LogP contribution is 2.37. The van der Waals surface area contributed by atoms with Crippen molar-refractivity contribution in [3.63, 3.8) is 0 Å². The van der Waals surface area contributed by atoms with E-state index in [2.05, 4.69) is 31.0 Å². The van der Waals surface area contributed by atoms with E-state index in [1.165, 1.54) is 37.7 Å². The van der Waals surface area contributed by atoms with Crippen molar-refractivity contribution in [2.75, 3.05) is 0 Å². The molecule has 16 heavy (non-hydrogen) atoms. The van der Waals surface area contributed by atoms with E-state index in [0.29, 0.717) is 5.41 Å². The van der Waals surface area contributed by atoms with Crippen LogP contribution in [-0.2, 0) is 6.42 Å². The van der Waals surface area contributed by atoms with Gasteiger partial charge in [0.15, 0.2) is 0 Å². The van der Waals surface area contributed by atoms with E-state index in [1.807, 2.05) is 18.5 Å². The van der Waals surface area contributed by atoms with Crippen LogP contribution in [0.5, 0.6) is 0 Å². The minimum absolute atomic E-state index is 0.456. The molecule has 1 heteroatoms. The molecule has 0 aliphatic heterocycles. The van der Waals surface area contributed by atoms with Gasteiger partial charge in [-0.2, -0.15) is 0 Å². The second-order valence-corrected chi connectivity index (χ2v) is 5.44. The first-order valence-electron chi connectivity index (χ1n) is 6.23. The molecule has 1 aromatic rings. The van der Waals surface area contributed by atoms with Crippen molar-refractivity contribution < 1.29 is 0 Å². The number of hydrogen-bond donors (Lipinski definition) is 0. The monoisotopic (exact) mass is 215 g/mol. The Bertz CT molecular complexity index is 366. The molecule has 0 saturated heterocycles. The molecule has 1 aliphatic rings. The van der Waals surface area contributed by atoms with Gasteiger partial charge in [-0.3, -0.25) is 4.98 Å². The zero-order valence-electron chi connectivity index (χ0n) is 10.4. The van der Waals surface area contributed by atoms with Crippen LogP contribution in [0.3, 0.4) is 0 Å². The molecule has 1 unspecified atom stereocenters. The number of rotatable bonds is 2. The molecule has 0 aromatic carbocycles. The van der Waals surface area contributed by atoms with Gasteiger partial charge in [0.05, 0.1) is 0 Å². The second-order valence-electron chi connectivity index (χ2n) is 5.44. The highest BCUT2D eigenvalue weighted by atomic mass is 14.6. The number of allylic oxidation sites excluding steroid dienone is 2. The van der Waals surface area contributed by atoms with Crippen LogP contribution in [-0.4, -0.2) is 4.98 Å². The van der Waals surface area contributed by atoms with Gasteiger partial charge in [0.1, 0.15) is 0 Å². The fraction of sp³-hybridized carbons (Fsp3) is 0.533. The Morgan fingerprint density at radius 2 is 2.25 bits per heavy atom. The lowest BCUT2D eigenvalue weighted by atomic mass is 9.77. The third-order valence-electron chi connectivity index (χ3n) is 3.72. The summed E-state index contributed by atoms with van der Waals surface area (Å²) in [4.78, 5) is 4.21. The maximum atomic E-state index is 4.21. The quantitative estimate of drug-likeness (QED) is 0.675. The summed E-state index contributed by atoms with van der Waals surface area (Å²) in [6.45, 7) is 4.68. The SMILES string of the molecule is CC1=CCCC(C)(Cc2cccnc2)CC1. The topological polar surface area (TPSA) is 12.9 Å². The van der Waals surface area contributed by atoms with E-state index in [-0.39, 0.29) is 0 Å². The van der Waals surface area contributed by atoms with E-state index in [0.717, 1.165) is 0 Å². The van der Waals surface area contributed by atoms with Gasteiger partial charge in [0, 0.05) is 12.4 Å². The van der Waals surface area contributed by atoms with Crippen LogP contribution in [0.15, 0.2) is 36.2 Å². The lowest BCUT2D eigenvalue weighted by molar-refractivity contribution is 0.278. The highest BCUT2D eigenvalue weighted by molar-refractivity contribution is 5.12. The van der Waals surface area contributed by atoms with Gasteiger partial charge < -0.3 is 0 Å². The van der Waals surface area contributed by atoms with Crippen molar-refractivity contribution in [3.05, 3.63) is 41.7 Å². The molecule has 0 amide bonds. The summed E-state index contributed by atoms with van der Waals surface area (Å²) in [7, 11) is 0. The van der Waals surface area contributed by atoms with Crippen LogP contribution in [0, 0.1) is 5.41 Å². The zero-order valence-corrected chi connectivity index (χ0v) is 10.4. The fourth-order valence-electron chi connectivity index (χ4n) is 2.57. The van der Waals surface area contributed by atoms with E-state index < -0.39 is 0 Å². The van der Waals surface area contributed by atoms with E-state index in [9.17, 15) is 0 Å². The molecule has 0 radical (unpaired) electrons. The second kappa shape index (κ2) is 4.82. The van der Waals surface area contributed by atoms with Crippen molar-refractivity contribution in [1.29, 1.82) is 0 Å². The minimum atomic E-state index is 0.456. The summed E-state index contributed by atoms with van der Waals surface area (Å²) in [5.74, 6) is 0. The van der Waals surface area contributed by atoms with Crippen LogP contribution in [0.2, 0.25) is 0 Å². The molecule has 1 aromatic heterocycles. The third kappa shape index (κ3) is 2.94. The number of nitrogens with zero attached hydrogens (tertiary/aromatic N) is 1. The van der Waals surface area contributed by atoms with E-state index in [4.69, 9.17) is 0 Å². The predicted molar refractivity (Wildman–Crippen MR) is 68.3 cm³/mol.